The zero-order valence-electron chi connectivity index (χ0n) is 17.0. The number of aromatic nitrogens is 5. The molecule has 7 nitrogen and oxygen atoms in total. The molecule has 0 aliphatic heterocycles. The summed E-state index contributed by atoms with van der Waals surface area (Å²) in [6.45, 7) is 1.37. The highest BCUT2D eigenvalue weighted by atomic mass is 16.1. The summed E-state index contributed by atoms with van der Waals surface area (Å²) in [4.78, 5) is 12.9. The van der Waals surface area contributed by atoms with Gasteiger partial charge >= 0.3 is 0 Å². The molecule has 0 spiro atoms. The molecule has 1 saturated carbocycles. The van der Waals surface area contributed by atoms with Crippen molar-refractivity contribution < 1.29 is 4.79 Å². The first-order valence-electron chi connectivity index (χ1n) is 10.8. The van der Waals surface area contributed by atoms with Crippen molar-refractivity contribution in [2.45, 2.75) is 45.1 Å². The van der Waals surface area contributed by atoms with Crippen molar-refractivity contribution in [3.63, 3.8) is 0 Å². The summed E-state index contributed by atoms with van der Waals surface area (Å²) in [5.74, 6) is 1.35. The Bertz CT molecular complexity index is 1170. The van der Waals surface area contributed by atoms with Gasteiger partial charge in [0.05, 0.1) is 5.52 Å². The molecule has 1 aliphatic rings. The number of pyridine rings is 1. The van der Waals surface area contributed by atoms with E-state index in [0.29, 0.717) is 24.6 Å². The zero-order valence-corrected chi connectivity index (χ0v) is 17.0. The summed E-state index contributed by atoms with van der Waals surface area (Å²) in [5, 5.41) is 17.0. The number of carbonyl (C=O) groups is 1. The molecule has 1 fully saturated rings. The minimum absolute atomic E-state index is 0.137. The average molecular weight is 403 g/mol. The first kappa shape index (κ1) is 18.8. The van der Waals surface area contributed by atoms with Crippen LogP contribution in [0.2, 0.25) is 0 Å². The molecule has 0 unspecified atom stereocenters. The van der Waals surface area contributed by atoms with Gasteiger partial charge in [0.25, 0.3) is 5.91 Å². The fourth-order valence-electron chi connectivity index (χ4n) is 4.48. The Kier molecular flexibility index (Phi) is 5.17. The van der Waals surface area contributed by atoms with Gasteiger partial charge in [0, 0.05) is 31.1 Å². The van der Waals surface area contributed by atoms with Gasteiger partial charge in [-0.05, 0) is 37.0 Å². The molecule has 30 heavy (non-hydrogen) atoms. The number of nitrogens with one attached hydrogen (secondary N) is 1. The number of hydrogen-bond acceptors (Lipinski definition) is 4. The van der Waals surface area contributed by atoms with E-state index in [4.69, 9.17) is 5.10 Å². The fourth-order valence-corrected chi connectivity index (χ4v) is 4.48. The Morgan fingerprint density at radius 2 is 1.87 bits per heavy atom. The quantitative estimate of drug-likeness (QED) is 0.534. The van der Waals surface area contributed by atoms with Gasteiger partial charge in [0.1, 0.15) is 5.82 Å². The Labute approximate surface area is 175 Å². The highest BCUT2D eigenvalue weighted by molar-refractivity contribution is 6.04. The third-order valence-electron chi connectivity index (χ3n) is 6.05. The fraction of sp³-hybridized carbons (Fsp3) is 0.391. The van der Waals surface area contributed by atoms with E-state index in [-0.39, 0.29) is 5.91 Å². The molecule has 7 heteroatoms. The Balaban J connectivity index is 1.30. The topological polar surface area (TPSA) is 77.1 Å². The molecule has 154 valence electrons. The molecule has 5 rings (SSSR count). The molecule has 1 aromatic carbocycles. The molecular weight excluding hydrogens is 376 g/mol. The Morgan fingerprint density at radius 1 is 1.03 bits per heavy atom. The highest BCUT2D eigenvalue weighted by Gasteiger charge is 2.20. The van der Waals surface area contributed by atoms with Crippen molar-refractivity contribution in [3.8, 4) is 0 Å². The minimum Gasteiger partial charge on any atom is -0.350 e. The van der Waals surface area contributed by atoms with Gasteiger partial charge < -0.3 is 5.32 Å². The molecule has 0 saturated heterocycles. The smallest absolute Gasteiger partial charge is 0.272 e. The summed E-state index contributed by atoms with van der Waals surface area (Å²) < 4.78 is 3.98. The number of nitrogens with zero attached hydrogens (tertiary/aromatic N) is 5. The molecule has 1 N–H and O–H groups in total. The van der Waals surface area contributed by atoms with Crippen LogP contribution in [0, 0.1) is 5.92 Å². The summed E-state index contributed by atoms with van der Waals surface area (Å²) in [5.41, 5.74) is 2.36. The second kappa shape index (κ2) is 8.26. The second-order valence-electron chi connectivity index (χ2n) is 8.10. The number of rotatable bonds is 6. The van der Waals surface area contributed by atoms with Crippen LogP contribution in [0.25, 0.3) is 16.6 Å². The van der Waals surface area contributed by atoms with E-state index >= 15 is 0 Å². The van der Waals surface area contributed by atoms with Gasteiger partial charge in [-0.2, -0.15) is 5.10 Å². The summed E-state index contributed by atoms with van der Waals surface area (Å²) in [7, 11) is 0. The van der Waals surface area contributed by atoms with Gasteiger partial charge in [-0.3, -0.25) is 13.9 Å². The van der Waals surface area contributed by atoms with Crippen LogP contribution in [0.15, 0.2) is 48.7 Å². The summed E-state index contributed by atoms with van der Waals surface area (Å²) in [6, 6.07) is 13.8. The van der Waals surface area contributed by atoms with Crippen molar-refractivity contribution in [2.24, 2.45) is 5.92 Å². The van der Waals surface area contributed by atoms with Gasteiger partial charge in [0.2, 0.25) is 0 Å². The van der Waals surface area contributed by atoms with Crippen LogP contribution >= 0.6 is 0 Å². The van der Waals surface area contributed by atoms with E-state index in [1.54, 1.807) is 0 Å². The van der Waals surface area contributed by atoms with Crippen molar-refractivity contribution >= 4 is 22.5 Å². The van der Waals surface area contributed by atoms with Gasteiger partial charge in [0.15, 0.2) is 11.3 Å². The van der Waals surface area contributed by atoms with Crippen LogP contribution in [-0.4, -0.2) is 36.8 Å². The van der Waals surface area contributed by atoms with Crippen LogP contribution in [0.1, 0.15) is 48.4 Å². The molecule has 0 bridgehead atoms. The standard InChI is InChI=1S/C23H26N6O/c30-23(24-14-13-21-26-25-20-12-6-7-15-28(20)21)22-18-10-4-5-11-19(18)29(27-22)16-17-8-2-1-3-9-17/h4-7,10-12,15,17H,1-3,8-9,13-14,16H2,(H,24,30). The lowest BCUT2D eigenvalue weighted by Crippen LogP contribution is -2.27. The minimum atomic E-state index is -0.137. The zero-order chi connectivity index (χ0) is 20.3. The molecule has 0 atom stereocenters. The average Bonchev–Trinajstić information content (AvgIpc) is 3.37. The van der Waals surface area contributed by atoms with Gasteiger partial charge in [-0.25, -0.2) is 0 Å². The van der Waals surface area contributed by atoms with Crippen molar-refractivity contribution in [2.75, 3.05) is 6.54 Å². The number of amides is 1. The molecule has 4 aromatic rings. The van der Waals surface area contributed by atoms with E-state index in [1.807, 2.05) is 51.7 Å². The van der Waals surface area contributed by atoms with Gasteiger partial charge in [-0.1, -0.05) is 43.5 Å². The molecule has 3 heterocycles. The molecule has 3 aromatic heterocycles. The normalized spacial score (nSPS) is 15.1. The molecule has 1 aliphatic carbocycles. The lowest BCUT2D eigenvalue weighted by Gasteiger charge is -2.21. The van der Waals surface area contributed by atoms with Crippen molar-refractivity contribution in [1.29, 1.82) is 0 Å². The molecule has 1 amide bonds. The lowest BCUT2D eigenvalue weighted by molar-refractivity contribution is 0.0949. The lowest BCUT2D eigenvalue weighted by atomic mass is 9.89. The Hall–Kier alpha value is -3.22. The van der Waals surface area contributed by atoms with Crippen LogP contribution in [0.3, 0.4) is 0 Å². The first-order chi connectivity index (χ1) is 14.8. The van der Waals surface area contributed by atoms with Crippen LogP contribution in [0.5, 0.6) is 0 Å². The largest absolute Gasteiger partial charge is 0.350 e. The van der Waals surface area contributed by atoms with Crippen LogP contribution < -0.4 is 5.32 Å². The third-order valence-corrected chi connectivity index (χ3v) is 6.05. The highest BCUT2D eigenvalue weighted by Crippen LogP contribution is 2.27. The number of carbonyl (C=O) groups excluding carboxylic acids is 1. The van der Waals surface area contributed by atoms with E-state index in [0.717, 1.165) is 28.9 Å². The number of fused-ring (bicyclic) bond motifs is 2. The Morgan fingerprint density at radius 3 is 2.77 bits per heavy atom. The predicted molar refractivity (Wildman–Crippen MR) is 115 cm³/mol. The monoisotopic (exact) mass is 402 g/mol. The number of hydrogen-bond donors (Lipinski definition) is 1. The second-order valence-corrected chi connectivity index (χ2v) is 8.10. The molecular formula is C23H26N6O. The number of para-hydroxylation sites is 1. The van der Waals surface area contributed by atoms with Crippen molar-refractivity contribution in [3.05, 3.63) is 60.2 Å². The predicted octanol–water partition coefficient (Wildman–Crippen LogP) is 3.63. The van der Waals surface area contributed by atoms with E-state index in [2.05, 4.69) is 21.6 Å². The van der Waals surface area contributed by atoms with E-state index in [9.17, 15) is 4.79 Å². The SMILES string of the molecule is O=C(NCCc1nnc2ccccn12)c1nn(CC2CCCCC2)c2ccccc12. The molecule has 0 radical (unpaired) electrons. The summed E-state index contributed by atoms with van der Waals surface area (Å²) in [6.07, 6.45) is 8.99. The number of benzene rings is 1. The van der Waals surface area contributed by atoms with Crippen molar-refractivity contribution in [1.82, 2.24) is 29.7 Å². The van der Waals surface area contributed by atoms with E-state index in [1.165, 1.54) is 32.1 Å². The first-order valence-corrected chi connectivity index (χ1v) is 10.8. The maximum Gasteiger partial charge on any atom is 0.272 e. The summed E-state index contributed by atoms with van der Waals surface area (Å²) >= 11 is 0. The van der Waals surface area contributed by atoms with Crippen LogP contribution in [-0.2, 0) is 13.0 Å². The van der Waals surface area contributed by atoms with E-state index < -0.39 is 0 Å². The van der Waals surface area contributed by atoms with Gasteiger partial charge in [-0.15, -0.1) is 10.2 Å². The van der Waals surface area contributed by atoms with Crippen LogP contribution in [0.4, 0.5) is 0 Å². The maximum atomic E-state index is 12.9. The third kappa shape index (κ3) is 3.67. The maximum absolute atomic E-state index is 12.9.